The molecule has 9 heteroatoms. The third-order valence-electron chi connectivity index (χ3n) is 4.61. The van der Waals surface area contributed by atoms with E-state index in [1.165, 1.54) is 11.8 Å². The molecule has 0 saturated carbocycles. The second kappa shape index (κ2) is 9.32. The van der Waals surface area contributed by atoms with Gasteiger partial charge in [-0.05, 0) is 42.7 Å². The summed E-state index contributed by atoms with van der Waals surface area (Å²) < 4.78 is 11.7. The van der Waals surface area contributed by atoms with Crippen molar-refractivity contribution in [1.29, 1.82) is 0 Å². The van der Waals surface area contributed by atoms with E-state index in [9.17, 15) is 9.59 Å². The van der Waals surface area contributed by atoms with Crippen molar-refractivity contribution in [1.82, 2.24) is 13.9 Å². The molecular formula is C22H20N4O3S2. The summed E-state index contributed by atoms with van der Waals surface area (Å²) in [6.45, 7) is 2.35. The van der Waals surface area contributed by atoms with Crippen LogP contribution in [0.15, 0.2) is 64.5 Å². The normalized spacial score (nSPS) is 10.9. The van der Waals surface area contributed by atoms with Gasteiger partial charge in [-0.25, -0.2) is 4.98 Å². The van der Waals surface area contributed by atoms with E-state index in [4.69, 9.17) is 9.72 Å². The first-order chi connectivity index (χ1) is 15.1. The van der Waals surface area contributed by atoms with Crippen LogP contribution in [-0.4, -0.2) is 32.7 Å². The molecule has 0 fully saturated rings. The summed E-state index contributed by atoms with van der Waals surface area (Å²) in [5, 5.41) is 3.35. The predicted molar refractivity (Wildman–Crippen MR) is 125 cm³/mol. The summed E-state index contributed by atoms with van der Waals surface area (Å²) in [6, 6.07) is 16.8. The van der Waals surface area contributed by atoms with Gasteiger partial charge in [-0.3, -0.25) is 14.2 Å². The van der Waals surface area contributed by atoms with E-state index >= 15 is 0 Å². The highest BCUT2D eigenvalue weighted by Crippen LogP contribution is 2.29. The third-order valence-corrected chi connectivity index (χ3v) is 6.42. The number of ether oxygens (including phenoxy) is 1. The molecule has 0 unspecified atom stereocenters. The molecule has 0 aliphatic carbocycles. The van der Waals surface area contributed by atoms with Crippen molar-refractivity contribution in [2.75, 3.05) is 18.2 Å². The predicted octanol–water partition coefficient (Wildman–Crippen LogP) is 4.28. The van der Waals surface area contributed by atoms with Crippen LogP contribution in [0.5, 0.6) is 5.75 Å². The standard InChI is InChI=1S/C22H20N4O3S2/c1-3-26-21(28)20-19(18(25-31-20)14-7-5-4-6-8-14)24-22(26)30-13-17(27)23-15-9-11-16(29-2)12-10-15/h4-12H,3,13H2,1-2H3,(H,23,27). The molecule has 1 amide bonds. The van der Waals surface area contributed by atoms with Gasteiger partial charge in [0.2, 0.25) is 5.91 Å². The van der Waals surface area contributed by atoms with Crippen molar-refractivity contribution in [2.45, 2.75) is 18.6 Å². The summed E-state index contributed by atoms with van der Waals surface area (Å²) in [5.74, 6) is 0.664. The number of rotatable bonds is 7. The first-order valence-electron chi connectivity index (χ1n) is 9.63. The van der Waals surface area contributed by atoms with Gasteiger partial charge in [0.05, 0.1) is 12.9 Å². The monoisotopic (exact) mass is 452 g/mol. The Morgan fingerprint density at radius 1 is 1.16 bits per heavy atom. The molecule has 4 rings (SSSR count). The smallest absolute Gasteiger partial charge is 0.273 e. The molecule has 0 aliphatic rings. The molecule has 0 atom stereocenters. The molecule has 2 heterocycles. The minimum atomic E-state index is -0.182. The van der Waals surface area contributed by atoms with Gasteiger partial charge in [0.1, 0.15) is 21.7 Å². The quantitative estimate of drug-likeness (QED) is 0.333. The number of nitrogens with zero attached hydrogens (tertiary/aromatic N) is 3. The molecule has 0 bridgehead atoms. The number of methoxy groups -OCH3 is 1. The van der Waals surface area contributed by atoms with Crippen LogP contribution in [-0.2, 0) is 11.3 Å². The molecule has 0 spiro atoms. The second-order valence-electron chi connectivity index (χ2n) is 6.58. The molecule has 0 aliphatic heterocycles. The SMILES string of the molecule is CCn1c(SCC(=O)Nc2ccc(OC)cc2)nc2c(-c3ccccc3)nsc2c1=O. The van der Waals surface area contributed by atoms with Crippen LogP contribution in [0.25, 0.3) is 21.5 Å². The maximum Gasteiger partial charge on any atom is 0.273 e. The van der Waals surface area contributed by atoms with Crippen LogP contribution in [0.4, 0.5) is 5.69 Å². The molecule has 0 saturated heterocycles. The fourth-order valence-electron chi connectivity index (χ4n) is 3.07. The maximum absolute atomic E-state index is 13.0. The van der Waals surface area contributed by atoms with E-state index < -0.39 is 0 Å². The van der Waals surface area contributed by atoms with E-state index in [0.717, 1.165) is 22.8 Å². The Hall–Kier alpha value is -3.17. The fraction of sp³-hybridized carbons (Fsp3) is 0.182. The molecule has 2 aromatic heterocycles. The van der Waals surface area contributed by atoms with Gasteiger partial charge >= 0.3 is 0 Å². The van der Waals surface area contributed by atoms with Gasteiger partial charge < -0.3 is 10.1 Å². The summed E-state index contributed by atoms with van der Waals surface area (Å²) in [4.78, 5) is 30.1. The minimum absolute atomic E-state index is 0.127. The number of fused-ring (bicyclic) bond motifs is 1. The topological polar surface area (TPSA) is 86.1 Å². The van der Waals surface area contributed by atoms with E-state index in [2.05, 4.69) is 9.69 Å². The lowest BCUT2D eigenvalue weighted by molar-refractivity contribution is -0.113. The van der Waals surface area contributed by atoms with Crippen molar-refractivity contribution in [2.24, 2.45) is 0 Å². The van der Waals surface area contributed by atoms with Crippen molar-refractivity contribution in [3.05, 3.63) is 65.0 Å². The molecule has 0 radical (unpaired) electrons. The molecule has 2 aromatic carbocycles. The molecule has 7 nitrogen and oxygen atoms in total. The average molecular weight is 453 g/mol. The van der Waals surface area contributed by atoms with E-state index in [0.29, 0.717) is 33.3 Å². The van der Waals surface area contributed by atoms with Crippen molar-refractivity contribution < 1.29 is 9.53 Å². The van der Waals surface area contributed by atoms with E-state index in [-0.39, 0.29) is 17.2 Å². The number of amides is 1. The Kier molecular flexibility index (Phi) is 6.34. The summed E-state index contributed by atoms with van der Waals surface area (Å²) in [7, 11) is 1.59. The van der Waals surface area contributed by atoms with Gasteiger partial charge in [-0.15, -0.1) is 0 Å². The van der Waals surface area contributed by atoms with E-state index in [1.807, 2.05) is 37.3 Å². The highest BCUT2D eigenvalue weighted by Gasteiger charge is 2.18. The van der Waals surface area contributed by atoms with Gasteiger partial charge in [0.15, 0.2) is 5.16 Å². The van der Waals surface area contributed by atoms with Crippen LogP contribution in [0.2, 0.25) is 0 Å². The first-order valence-corrected chi connectivity index (χ1v) is 11.4. The van der Waals surface area contributed by atoms with Gasteiger partial charge in [-0.1, -0.05) is 42.1 Å². The molecule has 1 N–H and O–H groups in total. The lowest BCUT2D eigenvalue weighted by atomic mass is 10.1. The van der Waals surface area contributed by atoms with Crippen LogP contribution in [0, 0.1) is 0 Å². The first kappa shape index (κ1) is 21.1. The Morgan fingerprint density at radius 3 is 2.58 bits per heavy atom. The zero-order valence-electron chi connectivity index (χ0n) is 17.0. The third kappa shape index (κ3) is 4.47. The van der Waals surface area contributed by atoms with Crippen molar-refractivity contribution in [3.63, 3.8) is 0 Å². The van der Waals surface area contributed by atoms with Crippen LogP contribution in [0.3, 0.4) is 0 Å². The van der Waals surface area contributed by atoms with Crippen LogP contribution >= 0.6 is 23.3 Å². The van der Waals surface area contributed by atoms with Crippen LogP contribution in [0.1, 0.15) is 6.92 Å². The lowest BCUT2D eigenvalue weighted by Gasteiger charge is -2.10. The molecule has 31 heavy (non-hydrogen) atoms. The fourth-order valence-corrected chi connectivity index (χ4v) is 4.72. The number of carbonyl (C=O) groups is 1. The Morgan fingerprint density at radius 2 is 1.90 bits per heavy atom. The number of anilines is 1. The maximum atomic E-state index is 13.0. The van der Waals surface area contributed by atoms with Crippen molar-refractivity contribution in [3.8, 4) is 17.0 Å². The Bertz CT molecular complexity index is 1270. The number of hydrogen-bond donors (Lipinski definition) is 1. The zero-order valence-corrected chi connectivity index (χ0v) is 18.6. The minimum Gasteiger partial charge on any atom is -0.497 e. The summed E-state index contributed by atoms with van der Waals surface area (Å²) in [5.41, 5.74) is 2.71. The highest BCUT2D eigenvalue weighted by molar-refractivity contribution is 7.99. The molecule has 4 aromatic rings. The number of aromatic nitrogens is 3. The average Bonchev–Trinajstić information content (AvgIpc) is 3.23. The van der Waals surface area contributed by atoms with Gasteiger partial charge in [0.25, 0.3) is 5.56 Å². The zero-order chi connectivity index (χ0) is 21.8. The van der Waals surface area contributed by atoms with Crippen molar-refractivity contribution >= 4 is 45.1 Å². The lowest BCUT2D eigenvalue weighted by Crippen LogP contribution is -2.22. The Labute approximate surface area is 187 Å². The highest BCUT2D eigenvalue weighted by atomic mass is 32.2. The van der Waals surface area contributed by atoms with E-state index in [1.54, 1.807) is 35.9 Å². The van der Waals surface area contributed by atoms with Crippen LogP contribution < -0.4 is 15.6 Å². The molecular weight excluding hydrogens is 432 g/mol. The number of benzene rings is 2. The summed E-state index contributed by atoms with van der Waals surface area (Å²) in [6.07, 6.45) is 0. The number of nitrogens with one attached hydrogen (secondary N) is 1. The second-order valence-corrected chi connectivity index (χ2v) is 8.30. The molecule has 158 valence electrons. The number of thioether (sulfide) groups is 1. The number of hydrogen-bond acceptors (Lipinski definition) is 7. The van der Waals surface area contributed by atoms with Gasteiger partial charge in [-0.2, -0.15) is 4.37 Å². The van der Waals surface area contributed by atoms with Gasteiger partial charge in [0, 0.05) is 17.8 Å². The number of carbonyl (C=O) groups excluding carboxylic acids is 1. The Balaban J connectivity index is 1.58. The largest absolute Gasteiger partial charge is 0.497 e. The summed E-state index contributed by atoms with van der Waals surface area (Å²) >= 11 is 2.39.